The van der Waals surface area contributed by atoms with Crippen LogP contribution in [-0.4, -0.2) is 58.2 Å². The molecule has 0 unspecified atom stereocenters. The van der Waals surface area contributed by atoms with Crippen molar-refractivity contribution in [1.82, 2.24) is 14.8 Å². The number of rotatable bonds is 4. The van der Waals surface area contributed by atoms with Crippen LogP contribution in [0.5, 0.6) is 0 Å². The largest absolute Gasteiger partial charge is 0.325 e. The summed E-state index contributed by atoms with van der Waals surface area (Å²) < 4.78 is 28.8. The van der Waals surface area contributed by atoms with Gasteiger partial charge in [0, 0.05) is 30.1 Å². The summed E-state index contributed by atoms with van der Waals surface area (Å²) in [6.45, 7) is 1.82. The van der Waals surface area contributed by atoms with E-state index in [1.807, 2.05) is 36.2 Å². The first-order chi connectivity index (χ1) is 20.5. The molecule has 7 rings (SSSR count). The molecule has 2 fully saturated rings. The number of carbonyl (C=O) groups excluding carboxylic acids is 3. The first-order valence-corrected chi connectivity index (χ1v) is 14.7. The van der Waals surface area contributed by atoms with Crippen LogP contribution in [0, 0.1) is 11.6 Å². The topological polar surface area (TPSA) is 94.6 Å². The van der Waals surface area contributed by atoms with Crippen molar-refractivity contribution in [3.05, 3.63) is 88.6 Å². The zero-order chi connectivity index (χ0) is 30.1. The average molecular weight is 585 g/mol. The Balaban J connectivity index is 1.16. The number of likely N-dealkylation sites (N-methyl/N-ethyl adjacent to an activating group) is 1. The summed E-state index contributed by atoms with van der Waals surface area (Å²) >= 11 is 0. The van der Waals surface area contributed by atoms with E-state index in [0.717, 1.165) is 35.6 Å². The number of aromatic nitrogens is 1. The molecule has 3 aromatic rings. The van der Waals surface area contributed by atoms with Crippen molar-refractivity contribution in [2.24, 2.45) is 0 Å². The molecule has 8 nitrogen and oxygen atoms in total. The second kappa shape index (κ2) is 9.67. The first-order valence-electron chi connectivity index (χ1n) is 14.7. The number of halogens is 2. The zero-order valence-corrected chi connectivity index (χ0v) is 24.2. The molecule has 2 aliphatic heterocycles. The minimum atomic E-state index is -1.14. The van der Waals surface area contributed by atoms with Crippen LogP contribution >= 0.6 is 0 Å². The van der Waals surface area contributed by atoms with Crippen LogP contribution in [0.1, 0.15) is 54.9 Å². The summed E-state index contributed by atoms with van der Waals surface area (Å²) in [5.41, 5.74) is 1.14. The van der Waals surface area contributed by atoms with Gasteiger partial charge in [0.05, 0.1) is 11.0 Å². The van der Waals surface area contributed by atoms with Crippen LogP contribution in [0.4, 0.5) is 20.3 Å². The molecule has 2 aliphatic carbocycles. The molecule has 0 radical (unpaired) electrons. The van der Waals surface area contributed by atoms with Gasteiger partial charge in [0.2, 0.25) is 17.7 Å². The maximum absolute atomic E-state index is 14.4. The molecule has 1 saturated carbocycles. The lowest BCUT2D eigenvalue weighted by molar-refractivity contribution is -0.164. The van der Waals surface area contributed by atoms with Crippen molar-refractivity contribution in [3.8, 4) is 0 Å². The minimum Gasteiger partial charge on any atom is -0.325 e. The number of hydrogen-bond donors (Lipinski definition) is 2. The maximum atomic E-state index is 14.4. The molecule has 222 valence electrons. The molecule has 1 aromatic heterocycles. The van der Waals surface area contributed by atoms with E-state index in [-0.39, 0.29) is 18.4 Å². The monoisotopic (exact) mass is 584 g/mol. The number of nitrogens with one attached hydrogen (secondary N) is 2. The molecule has 3 amide bonds. The number of fused-ring (bicyclic) bond motifs is 3. The molecule has 2 N–H and O–H groups in total. The first kappa shape index (κ1) is 27.6. The van der Waals surface area contributed by atoms with Crippen LogP contribution in [0.25, 0.3) is 0 Å². The lowest BCUT2D eigenvalue weighted by Gasteiger charge is -2.55. The van der Waals surface area contributed by atoms with Crippen LogP contribution < -0.4 is 10.6 Å². The summed E-state index contributed by atoms with van der Waals surface area (Å²) in [5.74, 6) is -1.56. The highest BCUT2D eigenvalue weighted by Crippen LogP contribution is 2.48. The third kappa shape index (κ3) is 4.17. The fraction of sp³-hybridized carbons (Fsp3) is 0.394. The Morgan fingerprint density at radius 2 is 1.74 bits per heavy atom. The van der Waals surface area contributed by atoms with Gasteiger partial charge in [-0.3, -0.25) is 19.3 Å². The van der Waals surface area contributed by atoms with Gasteiger partial charge < -0.3 is 15.5 Å². The van der Waals surface area contributed by atoms with Gasteiger partial charge in [-0.05, 0) is 86.7 Å². The molecule has 4 aliphatic rings. The summed E-state index contributed by atoms with van der Waals surface area (Å²) in [5, 5.41) is 5.85. The van der Waals surface area contributed by atoms with Gasteiger partial charge in [-0.2, -0.15) is 0 Å². The molecule has 43 heavy (non-hydrogen) atoms. The van der Waals surface area contributed by atoms with Crippen molar-refractivity contribution in [2.75, 3.05) is 30.8 Å². The Morgan fingerprint density at radius 3 is 2.49 bits per heavy atom. The third-order valence-corrected chi connectivity index (χ3v) is 10.2. The van der Waals surface area contributed by atoms with Gasteiger partial charge in [0.25, 0.3) is 0 Å². The van der Waals surface area contributed by atoms with Crippen molar-refractivity contribution in [2.45, 2.75) is 61.9 Å². The Bertz CT molecular complexity index is 1670. The standard InChI is InChI=1S/C33H33F2N5O3/c1-31(22-13-23(34)15-24(35)14-22)19-39(2)33(9-3-4-10-33)30(43)40(31)18-27(41)37-25-8-7-20-16-32(17-21(20)12-25)26-6-5-11-36-28(26)38-29(32)42/h5-8,11-15H,3-4,9-10,16-19H2,1-2H3,(H,37,41)(H,36,38,42)/t31-,32-/m0/s1/i2-1. The summed E-state index contributed by atoms with van der Waals surface area (Å²) in [4.78, 5) is 48.7. The normalized spacial score (nSPS) is 25.7. The second-order valence-corrected chi connectivity index (χ2v) is 12.7. The minimum absolute atomic E-state index is 0.0783. The Morgan fingerprint density at radius 1 is 1.02 bits per heavy atom. The van der Waals surface area contributed by atoms with E-state index in [1.165, 1.54) is 17.0 Å². The van der Waals surface area contributed by atoms with E-state index in [4.69, 9.17) is 0 Å². The summed E-state index contributed by atoms with van der Waals surface area (Å²) in [6.07, 6.45) is 5.83. The second-order valence-electron chi connectivity index (χ2n) is 12.7. The zero-order valence-electron chi connectivity index (χ0n) is 24.2. The van der Waals surface area contributed by atoms with Gasteiger partial charge in [0.1, 0.15) is 29.5 Å². The fourth-order valence-corrected chi connectivity index (χ4v) is 7.94. The number of hydrogen-bond acceptors (Lipinski definition) is 5. The number of pyridine rings is 1. The van der Waals surface area contributed by atoms with E-state index in [0.29, 0.717) is 49.3 Å². The van der Waals surface area contributed by atoms with Crippen molar-refractivity contribution in [1.29, 1.82) is 0 Å². The lowest BCUT2D eigenvalue weighted by atomic mass is 9.78. The highest BCUT2D eigenvalue weighted by Gasteiger charge is 2.57. The lowest BCUT2D eigenvalue weighted by Crippen LogP contribution is -2.71. The van der Waals surface area contributed by atoms with Crippen molar-refractivity contribution < 1.29 is 23.2 Å². The molecule has 2 spiro atoms. The predicted molar refractivity (Wildman–Crippen MR) is 156 cm³/mol. The fourth-order valence-electron chi connectivity index (χ4n) is 7.94. The predicted octanol–water partition coefficient (Wildman–Crippen LogP) is 4.29. The molecule has 1 saturated heterocycles. The van der Waals surface area contributed by atoms with Crippen LogP contribution in [-0.2, 0) is 38.2 Å². The SMILES string of the molecule is C[C@@]1(c2cc(F)cc(F)c2)CN([11CH3])C2(CCCC2)C(=O)N1CC(=O)Nc1ccc2c(c1)C[C@]1(C2)C(=O)Nc2ncccc21. The van der Waals surface area contributed by atoms with Crippen LogP contribution in [0.2, 0.25) is 0 Å². The van der Waals surface area contributed by atoms with Crippen LogP contribution in [0.15, 0.2) is 54.7 Å². The molecule has 2 aromatic carbocycles. The molecule has 0 bridgehead atoms. The highest BCUT2D eigenvalue weighted by molar-refractivity contribution is 6.06. The maximum Gasteiger partial charge on any atom is 0.244 e. The molecule has 10 heteroatoms. The van der Waals surface area contributed by atoms with E-state index in [1.54, 1.807) is 19.2 Å². The van der Waals surface area contributed by atoms with E-state index in [2.05, 4.69) is 15.6 Å². The molecular weight excluding hydrogens is 551 g/mol. The van der Waals surface area contributed by atoms with Crippen LogP contribution in [0.3, 0.4) is 0 Å². The van der Waals surface area contributed by atoms with E-state index in [9.17, 15) is 23.2 Å². The van der Waals surface area contributed by atoms with E-state index >= 15 is 0 Å². The number of anilines is 2. The quantitative estimate of drug-likeness (QED) is 0.477. The smallest absolute Gasteiger partial charge is 0.244 e. The van der Waals surface area contributed by atoms with Gasteiger partial charge in [-0.25, -0.2) is 13.8 Å². The summed E-state index contributed by atoms with van der Waals surface area (Å²) in [7, 11) is 1.88. The molecule has 2 atom stereocenters. The number of piperazine rings is 1. The van der Waals surface area contributed by atoms with Gasteiger partial charge in [-0.15, -0.1) is 0 Å². The number of amides is 3. The Labute approximate surface area is 248 Å². The van der Waals surface area contributed by atoms with Gasteiger partial charge >= 0.3 is 0 Å². The van der Waals surface area contributed by atoms with Crippen molar-refractivity contribution in [3.63, 3.8) is 0 Å². The Hall–Kier alpha value is -4.18. The molecular formula is C33H33F2N5O3. The number of nitrogens with zero attached hydrogens (tertiary/aromatic N) is 3. The van der Waals surface area contributed by atoms with E-state index < -0.39 is 34.0 Å². The van der Waals surface area contributed by atoms with Gasteiger partial charge in [-0.1, -0.05) is 25.0 Å². The third-order valence-electron chi connectivity index (χ3n) is 10.2. The highest BCUT2D eigenvalue weighted by atomic mass is 19.1. The number of benzene rings is 2. The van der Waals surface area contributed by atoms with Crippen molar-refractivity contribution >= 4 is 29.2 Å². The number of carbonyl (C=O) groups is 3. The Kier molecular flexibility index (Phi) is 6.22. The van der Waals surface area contributed by atoms with Gasteiger partial charge in [0.15, 0.2) is 0 Å². The summed E-state index contributed by atoms with van der Waals surface area (Å²) in [6, 6.07) is 12.7. The molecule has 3 heterocycles. The average Bonchev–Trinajstić information content (AvgIpc) is 3.67.